The fourth-order valence-electron chi connectivity index (χ4n) is 2.69. The van der Waals surface area contributed by atoms with Crippen molar-refractivity contribution in [2.45, 2.75) is 31.7 Å². The molecule has 2 heteroatoms. The van der Waals surface area contributed by atoms with Crippen LogP contribution in [0.2, 0.25) is 0 Å². The zero-order valence-electron chi connectivity index (χ0n) is 8.96. The molecule has 2 aliphatic rings. The Labute approximate surface area is 90.6 Å². The van der Waals surface area contributed by atoms with Crippen molar-refractivity contribution < 1.29 is 4.74 Å². The molecule has 0 unspecified atom stereocenters. The summed E-state index contributed by atoms with van der Waals surface area (Å²) in [6, 6.07) is 7.06. The van der Waals surface area contributed by atoms with Crippen LogP contribution in [0.3, 0.4) is 0 Å². The van der Waals surface area contributed by atoms with E-state index >= 15 is 0 Å². The van der Waals surface area contributed by atoms with Crippen molar-refractivity contribution in [3.8, 4) is 5.75 Å². The Kier molecular flexibility index (Phi) is 2.37. The topological polar surface area (TPSA) is 21.3 Å². The highest BCUT2D eigenvalue weighted by Crippen LogP contribution is 2.34. The molecule has 1 aromatic rings. The van der Waals surface area contributed by atoms with E-state index in [1.54, 1.807) is 0 Å². The lowest BCUT2D eigenvalue weighted by molar-refractivity contribution is 0.286. The molecule has 3 rings (SSSR count). The van der Waals surface area contributed by atoms with Gasteiger partial charge in [-0.05, 0) is 49.4 Å². The predicted molar refractivity (Wildman–Crippen MR) is 60.2 cm³/mol. The quantitative estimate of drug-likeness (QED) is 0.757. The highest BCUT2D eigenvalue weighted by molar-refractivity contribution is 5.43. The fraction of sp³-hybridized carbons (Fsp3) is 0.538. The summed E-state index contributed by atoms with van der Waals surface area (Å²) in [5, 5.41) is 3.57. The third kappa shape index (κ3) is 1.63. The Morgan fingerprint density at radius 1 is 1.27 bits per heavy atom. The van der Waals surface area contributed by atoms with E-state index in [0.29, 0.717) is 6.04 Å². The van der Waals surface area contributed by atoms with Gasteiger partial charge in [0.15, 0.2) is 0 Å². The molecular formula is C13H17NO. The van der Waals surface area contributed by atoms with Crippen molar-refractivity contribution in [1.29, 1.82) is 0 Å². The van der Waals surface area contributed by atoms with E-state index in [1.165, 1.54) is 30.4 Å². The fourth-order valence-corrected chi connectivity index (χ4v) is 2.69. The van der Waals surface area contributed by atoms with Crippen LogP contribution in [-0.2, 0) is 6.42 Å². The molecule has 1 saturated heterocycles. The first-order chi connectivity index (χ1) is 7.45. The third-order valence-corrected chi connectivity index (χ3v) is 3.43. The van der Waals surface area contributed by atoms with Gasteiger partial charge in [-0.1, -0.05) is 12.1 Å². The summed E-state index contributed by atoms with van der Waals surface area (Å²) in [6.07, 6.45) is 4.92. The molecule has 0 aromatic heterocycles. The predicted octanol–water partition coefficient (Wildman–Crippen LogP) is 2.44. The van der Waals surface area contributed by atoms with E-state index in [-0.39, 0.29) is 0 Å². The summed E-state index contributed by atoms with van der Waals surface area (Å²) in [6.45, 7) is 2.05. The molecule has 0 spiro atoms. The number of benzene rings is 1. The van der Waals surface area contributed by atoms with E-state index in [0.717, 1.165) is 25.3 Å². The Morgan fingerprint density at radius 2 is 2.27 bits per heavy atom. The van der Waals surface area contributed by atoms with Gasteiger partial charge in [0.2, 0.25) is 0 Å². The maximum atomic E-state index is 5.70. The minimum absolute atomic E-state index is 0.571. The van der Waals surface area contributed by atoms with Crippen molar-refractivity contribution in [3.05, 3.63) is 29.3 Å². The maximum absolute atomic E-state index is 5.70. The van der Waals surface area contributed by atoms with Crippen LogP contribution in [0, 0.1) is 0 Å². The second kappa shape index (κ2) is 3.86. The zero-order chi connectivity index (χ0) is 10.1. The van der Waals surface area contributed by atoms with E-state index in [2.05, 4.69) is 23.5 Å². The molecule has 2 aliphatic heterocycles. The van der Waals surface area contributed by atoms with Gasteiger partial charge in [-0.2, -0.15) is 0 Å². The zero-order valence-corrected chi connectivity index (χ0v) is 8.96. The summed E-state index contributed by atoms with van der Waals surface area (Å²) < 4.78 is 5.70. The van der Waals surface area contributed by atoms with E-state index in [1.807, 2.05) is 0 Å². The maximum Gasteiger partial charge on any atom is 0.122 e. The number of hydrogen-bond donors (Lipinski definition) is 1. The van der Waals surface area contributed by atoms with Crippen LogP contribution in [0.15, 0.2) is 18.2 Å². The summed E-state index contributed by atoms with van der Waals surface area (Å²) in [4.78, 5) is 0. The largest absolute Gasteiger partial charge is 0.493 e. The molecule has 2 heterocycles. The van der Waals surface area contributed by atoms with Gasteiger partial charge in [-0.25, -0.2) is 0 Å². The number of nitrogens with one attached hydrogen (secondary N) is 1. The SMILES string of the molecule is c1cc2c(c([C@H]3CCCN3)c1)CCCO2. The number of rotatable bonds is 1. The first-order valence-electron chi connectivity index (χ1n) is 5.93. The number of ether oxygens (including phenoxy) is 1. The van der Waals surface area contributed by atoms with Gasteiger partial charge in [0.25, 0.3) is 0 Å². The highest BCUT2D eigenvalue weighted by atomic mass is 16.5. The first kappa shape index (κ1) is 9.22. The standard InChI is InChI=1S/C13H17NO/c1-4-10(12-6-2-8-14-12)11-5-3-9-15-13(11)7-1/h1,4,7,12,14H,2-3,5-6,8-9H2/t12-/m1/s1. The molecule has 1 N–H and O–H groups in total. The molecular weight excluding hydrogens is 186 g/mol. The summed E-state index contributed by atoms with van der Waals surface area (Å²) >= 11 is 0. The molecule has 0 bridgehead atoms. The van der Waals surface area contributed by atoms with Crippen molar-refractivity contribution in [2.24, 2.45) is 0 Å². The molecule has 0 saturated carbocycles. The van der Waals surface area contributed by atoms with Crippen molar-refractivity contribution in [3.63, 3.8) is 0 Å². The van der Waals surface area contributed by atoms with Gasteiger partial charge >= 0.3 is 0 Å². The van der Waals surface area contributed by atoms with Gasteiger partial charge in [-0.15, -0.1) is 0 Å². The van der Waals surface area contributed by atoms with Crippen LogP contribution < -0.4 is 10.1 Å². The minimum atomic E-state index is 0.571. The van der Waals surface area contributed by atoms with Gasteiger partial charge in [0.1, 0.15) is 5.75 Å². The van der Waals surface area contributed by atoms with Crippen LogP contribution in [0.4, 0.5) is 0 Å². The second-order valence-corrected chi connectivity index (χ2v) is 4.42. The summed E-state index contributed by atoms with van der Waals surface area (Å²) in [5.41, 5.74) is 2.92. The molecule has 0 amide bonds. The molecule has 80 valence electrons. The van der Waals surface area contributed by atoms with Crippen molar-refractivity contribution >= 4 is 0 Å². The lowest BCUT2D eigenvalue weighted by Crippen LogP contribution is -2.17. The Hall–Kier alpha value is -1.02. The van der Waals surface area contributed by atoms with Crippen LogP contribution in [0.5, 0.6) is 5.75 Å². The monoisotopic (exact) mass is 203 g/mol. The highest BCUT2D eigenvalue weighted by Gasteiger charge is 2.22. The minimum Gasteiger partial charge on any atom is -0.493 e. The lowest BCUT2D eigenvalue weighted by atomic mass is 9.94. The van der Waals surface area contributed by atoms with Crippen molar-refractivity contribution in [1.82, 2.24) is 5.32 Å². The number of hydrogen-bond acceptors (Lipinski definition) is 2. The van der Waals surface area contributed by atoms with Crippen LogP contribution in [-0.4, -0.2) is 13.2 Å². The number of fused-ring (bicyclic) bond motifs is 1. The summed E-state index contributed by atoms with van der Waals surface area (Å²) in [5.74, 6) is 1.12. The molecule has 2 nitrogen and oxygen atoms in total. The van der Waals surface area contributed by atoms with Gasteiger partial charge in [0.05, 0.1) is 6.61 Å². The van der Waals surface area contributed by atoms with Crippen LogP contribution in [0.1, 0.15) is 36.4 Å². The van der Waals surface area contributed by atoms with E-state index in [4.69, 9.17) is 4.74 Å². The third-order valence-electron chi connectivity index (χ3n) is 3.43. The average Bonchev–Trinajstić information content (AvgIpc) is 2.82. The first-order valence-corrected chi connectivity index (χ1v) is 5.93. The van der Waals surface area contributed by atoms with Crippen LogP contribution in [0.25, 0.3) is 0 Å². The molecule has 15 heavy (non-hydrogen) atoms. The van der Waals surface area contributed by atoms with Crippen molar-refractivity contribution in [2.75, 3.05) is 13.2 Å². The Morgan fingerprint density at radius 3 is 3.13 bits per heavy atom. The molecule has 0 aliphatic carbocycles. The normalized spacial score (nSPS) is 24.7. The second-order valence-electron chi connectivity index (χ2n) is 4.42. The molecule has 1 aromatic carbocycles. The van der Waals surface area contributed by atoms with Crippen LogP contribution >= 0.6 is 0 Å². The Balaban J connectivity index is 1.99. The van der Waals surface area contributed by atoms with Gasteiger partial charge in [-0.3, -0.25) is 0 Å². The van der Waals surface area contributed by atoms with E-state index in [9.17, 15) is 0 Å². The lowest BCUT2D eigenvalue weighted by Gasteiger charge is -2.23. The summed E-state index contributed by atoms with van der Waals surface area (Å²) in [7, 11) is 0. The van der Waals surface area contributed by atoms with E-state index < -0.39 is 0 Å². The van der Waals surface area contributed by atoms with Gasteiger partial charge < -0.3 is 10.1 Å². The van der Waals surface area contributed by atoms with Gasteiger partial charge in [0, 0.05) is 6.04 Å². The molecule has 1 fully saturated rings. The average molecular weight is 203 g/mol. The smallest absolute Gasteiger partial charge is 0.122 e. The Bertz CT molecular complexity index is 356. The molecule has 0 radical (unpaired) electrons. The molecule has 1 atom stereocenters.